The Balaban J connectivity index is 2.02. The second kappa shape index (κ2) is 6.90. The average Bonchev–Trinajstić information content (AvgIpc) is 2.65. The van der Waals surface area contributed by atoms with Crippen LogP contribution in [0.3, 0.4) is 0 Å². The van der Waals surface area contributed by atoms with Gasteiger partial charge in [0.15, 0.2) is 0 Å². The summed E-state index contributed by atoms with van der Waals surface area (Å²) in [5, 5.41) is 2.06. The van der Waals surface area contributed by atoms with Crippen molar-refractivity contribution in [1.29, 1.82) is 0 Å². The van der Waals surface area contributed by atoms with Gasteiger partial charge in [-0.3, -0.25) is 4.79 Å². The van der Waals surface area contributed by atoms with Gasteiger partial charge in [-0.15, -0.1) is 23.1 Å². The molecule has 0 bridgehead atoms. The largest absolute Gasteiger partial charge is 0.466 e. The quantitative estimate of drug-likeness (QED) is 0.426. The highest BCUT2D eigenvalue weighted by Crippen LogP contribution is 2.24. The van der Waals surface area contributed by atoms with Gasteiger partial charge in [0.25, 0.3) is 0 Å². The lowest BCUT2D eigenvalue weighted by Gasteiger charge is -2.00. The van der Waals surface area contributed by atoms with Crippen molar-refractivity contribution < 1.29 is 9.53 Å². The Hall–Kier alpha value is -0.480. The van der Waals surface area contributed by atoms with Crippen LogP contribution >= 0.6 is 23.1 Å². The molecule has 0 radical (unpaired) electrons. The maximum atomic E-state index is 11.0. The molecule has 0 saturated carbocycles. The van der Waals surface area contributed by atoms with Crippen molar-refractivity contribution in [2.24, 2.45) is 0 Å². The molecule has 78 valence electrons. The van der Waals surface area contributed by atoms with E-state index >= 15 is 0 Å². The van der Waals surface area contributed by atoms with E-state index in [0.717, 1.165) is 12.2 Å². The highest BCUT2D eigenvalue weighted by molar-refractivity contribution is 8.01. The van der Waals surface area contributed by atoms with E-state index in [1.165, 1.54) is 4.21 Å². The summed E-state index contributed by atoms with van der Waals surface area (Å²) in [6, 6.07) is 4.14. The standard InChI is InChI=1S/C10H14O2S2/c1-2-12-9(11)5-3-7-13-10-6-4-8-14-10/h4,6,8H,2-3,5,7H2,1H3. The first-order valence-corrected chi connectivity index (χ1v) is 6.51. The molecule has 0 amide bonds. The van der Waals surface area contributed by atoms with Crippen LogP contribution < -0.4 is 0 Å². The lowest BCUT2D eigenvalue weighted by Crippen LogP contribution is -2.03. The highest BCUT2D eigenvalue weighted by Gasteiger charge is 2.01. The van der Waals surface area contributed by atoms with Crippen LogP contribution in [0.2, 0.25) is 0 Å². The Kier molecular flexibility index (Phi) is 5.71. The van der Waals surface area contributed by atoms with Crippen LogP contribution in [0.5, 0.6) is 0 Å². The molecule has 0 atom stereocenters. The summed E-state index contributed by atoms with van der Waals surface area (Å²) in [6.45, 7) is 2.31. The maximum absolute atomic E-state index is 11.0. The van der Waals surface area contributed by atoms with E-state index < -0.39 is 0 Å². The first-order chi connectivity index (χ1) is 6.83. The molecule has 0 aliphatic rings. The molecule has 0 aliphatic carbocycles. The van der Waals surface area contributed by atoms with Gasteiger partial charge in [-0.25, -0.2) is 0 Å². The van der Waals surface area contributed by atoms with Gasteiger partial charge in [0, 0.05) is 6.42 Å². The van der Waals surface area contributed by atoms with Crippen molar-refractivity contribution in [2.75, 3.05) is 12.4 Å². The van der Waals surface area contributed by atoms with Crippen LogP contribution in [0.25, 0.3) is 0 Å². The number of thioether (sulfide) groups is 1. The molecule has 0 N–H and O–H groups in total. The fourth-order valence-corrected chi connectivity index (χ4v) is 2.77. The molecular formula is C10H14O2S2. The number of carbonyl (C=O) groups excluding carboxylic acids is 1. The minimum atomic E-state index is -0.0840. The number of esters is 1. The Morgan fingerprint density at radius 2 is 2.50 bits per heavy atom. The number of carbonyl (C=O) groups is 1. The molecule has 14 heavy (non-hydrogen) atoms. The first kappa shape index (κ1) is 11.6. The highest BCUT2D eigenvalue weighted by atomic mass is 32.2. The number of rotatable bonds is 6. The SMILES string of the molecule is CCOC(=O)CCCSc1cccs1. The smallest absolute Gasteiger partial charge is 0.305 e. The first-order valence-electron chi connectivity index (χ1n) is 4.65. The lowest BCUT2D eigenvalue weighted by atomic mass is 10.3. The van der Waals surface area contributed by atoms with Crippen LogP contribution in [0, 0.1) is 0 Å². The minimum Gasteiger partial charge on any atom is -0.466 e. The third-order valence-electron chi connectivity index (χ3n) is 1.57. The Labute approximate surface area is 92.7 Å². The third kappa shape index (κ3) is 4.67. The predicted octanol–water partition coefficient (Wildman–Crippen LogP) is 3.18. The average molecular weight is 230 g/mol. The Morgan fingerprint density at radius 1 is 1.64 bits per heavy atom. The molecule has 1 rings (SSSR count). The van der Waals surface area contributed by atoms with Crippen LogP contribution in [-0.4, -0.2) is 18.3 Å². The topological polar surface area (TPSA) is 26.3 Å². The molecule has 1 aromatic rings. The van der Waals surface area contributed by atoms with E-state index in [0.29, 0.717) is 13.0 Å². The summed E-state index contributed by atoms with van der Waals surface area (Å²) in [4.78, 5) is 11.0. The Morgan fingerprint density at radius 3 is 3.14 bits per heavy atom. The van der Waals surface area contributed by atoms with Crippen LogP contribution in [-0.2, 0) is 9.53 Å². The molecular weight excluding hydrogens is 216 g/mol. The fraction of sp³-hybridized carbons (Fsp3) is 0.500. The number of ether oxygens (including phenoxy) is 1. The van der Waals surface area contributed by atoms with E-state index in [1.54, 1.807) is 23.1 Å². The molecule has 4 heteroatoms. The predicted molar refractivity (Wildman–Crippen MR) is 60.9 cm³/mol. The number of hydrogen-bond donors (Lipinski definition) is 0. The van der Waals surface area contributed by atoms with Crippen LogP contribution in [0.15, 0.2) is 21.7 Å². The van der Waals surface area contributed by atoms with Crippen molar-refractivity contribution in [1.82, 2.24) is 0 Å². The number of thiophene rings is 1. The molecule has 1 aromatic heterocycles. The van der Waals surface area contributed by atoms with E-state index in [1.807, 2.05) is 13.0 Å². The molecule has 0 saturated heterocycles. The molecule has 0 aliphatic heterocycles. The summed E-state index contributed by atoms with van der Waals surface area (Å²) < 4.78 is 6.15. The molecule has 0 unspecified atom stereocenters. The minimum absolute atomic E-state index is 0.0840. The third-order valence-corrected chi connectivity index (χ3v) is 3.79. The molecule has 2 nitrogen and oxygen atoms in total. The zero-order chi connectivity index (χ0) is 10.2. The van der Waals surface area contributed by atoms with Gasteiger partial charge < -0.3 is 4.74 Å². The van der Waals surface area contributed by atoms with Crippen molar-refractivity contribution in [2.45, 2.75) is 24.0 Å². The summed E-state index contributed by atoms with van der Waals surface area (Å²) in [5.41, 5.74) is 0. The van der Waals surface area contributed by atoms with Crippen molar-refractivity contribution in [3.63, 3.8) is 0 Å². The van der Waals surface area contributed by atoms with Gasteiger partial charge in [0.2, 0.25) is 0 Å². The molecule has 0 fully saturated rings. The molecule has 0 spiro atoms. The van der Waals surface area contributed by atoms with Gasteiger partial charge in [-0.2, -0.15) is 0 Å². The number of hydrogen-bond acceptors (Lipinski definition) is 4. The second-order valence-corrected chi connectivity index (χ2v) is 5.03. The van der Waals surface area contributed by atoms with Gasteiger partial charge in [-0.1, -0.05) is 6.07 Å². The normalized spacial score (nSPS) is 10.1. The maximum Gasteiger partial charge on any atom is 0.305 e. The fourth-order valence-electron chi connectivity index (χ4n) is 0.968. The summed E-state index contributed by atoms with van der Waals surface area (Å²) in [7, 11) is 0. The van der Waals surface area contributed by atoms with Gasteiger partial charge in [0.05, 0.1) is 10.8 Å². The summed E-state index contributed by atoms with van der Waals surface area (Å²) >= 11 is 3.54. The van der Waals surface area contributed by atoms with Crippen molar-refractivity contribution in [3.8, 4) is 0 Å². The summed E-state index contributed by atoms with van der Waals surface area (Å²) in [6.07, 6.45) is 1.42. The van der Waals surface area contributed by atoms with E-state index in [-0.39, 0.29) is 5.97 Å². The second-order valence-electron chi connectivity index (χ2n) is 2.69. The molecule has 0 aromatic carbocycles. The van der Waals surface area contributed by atoms with E-state index in [9.17, 15) is 4.79 Å². The van der Waals surface area contributed by atoms with Gasteiger partial charge in [-0.05, 0) is 30.5 Å². The van der Waals surface area contributed by atoms with Gasteiger partial charge >= 0.3 is 5.97 Å². The van der Waals surface area contributed by atoms with Crippen LogP contribution in [0.4, 0.5) is 0 Å². The van der Waals surface area contributed by atoms with Gasteiger partial charge in [0.1, 0.15) is 0 Å². The Bertz CT molecular complexity index is 257. The van der Waals surface area contributed by atoms with Crippen LogP contribution in [0.1, 0.15) is 19.8 Å². The van der Waals surface area contributed by atoms with Crippen molar-refractivity contribution in [3.05, 3.63) is 17.5 Å². The van der Waals surface area contributed by atoms with Crippen molar-refractivity contribution >= 4 is 29.1 Å². The zero-order valence-corrected chi connectivity index (χ0v) is 9.83. The molecule has 1 heterocycles. The van der Waals surface area contributed by atoms with E-state index in [2.05, 4.69) is 11.4 Å². The van der Waals surface area contributed by atoms with E-state index in [4.69, 9.17) is 4.74 Å². The summed E-state index contributed by atoms with van der Waals surface area (Å²) in [5.74, 6) is 0.901. The zero-order valence-electron chi connectivity index (χ0n) is 8.19. The monoisotopic (exact) mass is 230 g/mol. The lowest BCUT2D eigenvalue weighted by molar-refractivity contribution is -0.143.